The van der Waals surface area contributed by atoms with E-state index < -0.39 is 0 Å². The molecule has 0 bridgehead atoms. The van der Waals surface area contributed by atoms with Crippen molar-refractivity contribution >= 4 is 5.71 Å². The third-order valence-corrected chi connectivity index (χ3v) is 4.06. The molecule has 0 amide bonds. The predicted molar refractivity (Wildman–Crippen MR) is 81.7 cm³/mol. The minimum Gasteiger partial charge on any atom is -0.490 e. The van der Waals surface area contributed by atoms with Crippen LogP contribution in [0.25, 0.3) is 0 Å². The Balaban J connectivity index is 1.84. The molecule has 1 fully saturated rings. The summed E-state index contributed by atoms with van der Waals surface area (Å²) in [6, 6.07) is 8.32. The summed E-state index contributed by atoms with van der Waals surface area (Å²) in [6.45, 7) is 4.14. The van der Waals surface area contributed by atoms with E-state index >= 15 is 0 Å². The monoisotopic (exact) mass is 275 g/mol. The van der Waals surface area contributed by atoms with E-state index in [9.17, 15) is 0 Å². The van der Waals surface area contributed by atoms with Crippen molar-refractivity contribution < 1.29 is 9.94 Å². The van der Waals surface area contributed by atoms with Crippen LogP contribution in [0, 0.1) is 5.92 Å². The van der Waals surface area contributed by atoms with Crippen molar-refractivity contribution in [2.24, 2.45) is 11.1 Å². The first-order valence-corrected chi connectivity index (χ1v) is 7.60. The second-order valence-corrected chi connectivity index (χ2v) is 5.99. The summed E-state index contributed by atoms with van der Waals surface area (Å²) >= 11 is 0. The van der Waals surface area contributed by atoms with E-state index in [0.717, 1.165) is 30.2 Å². The third kappa shape index (κ3) is 4.55. The zero-order valence-corrected chi connectivity index (χ0v) is 12.5. The topological polar surface area (TPSA) is 41.8 Å². The van der Waals surface area contributed by atoms with Crippen LogP contribution in [-0.4, -0.2) is 17.0 Å². The number of hydrogen-bond acceptors (Lipinski definition) is 3. The van der Waals surface area contributed by atoms with Gasteiger partial charge in [-0.15, -0.1) is 0 Å². The molecule has 0 saturated heterocycles. The number of rotatable bonds is 5. The van der Waals surface area contributed by atoms with E-state index in [1.54, 1.807) is 0 Å². The van der Waals surface area contributed by atoms with Gasteiger partial charge in [-0.05, 0) is 62.6 Å². The normalized spacial score (nSPS) is 23.6. The van der Waals surface area contributed by atoms with E-state index in [1.165, 1.54) is 31.2 Å². The molecular weight excluding hydrogens is 250 g/mol. The molecule has 1 aromatic carbocycles. The Hall–Kier alpha value is -1.51. The lowest BCUT2D eigenvalue weighted by Crippen LogP contribution is -2.24. The number of nitrogens with zero attached hydrogens (tertiary/aromatic N) is 1. The van der Waals surface area contributed by atoms with Crippen molar-refractivity contribution in [1.29, 1.82) is 0 Å². The van der Waals surface area contributed by atoms with Crippen LogP contribution in [-0.2, 0) is 6.42 Å². The molecule has 3 nitrogen and oxygen atoms in total. The van der Waals surface area contributed by atoms with Crippen LogP contribution in [0.5, 0.6) is 5.75 Å². The van der Waals surface area contributed by atoms with E-state index in [1.807, 2.05) is 6.92 Å². The minimum absolute atomic E-state index is 0.383. The fourth-order valence-corrected chi connectivity index (χ4v) is 2.79. The maximum atomic E-state index is 8.63. The largest absolute Gasteiger partial charge is 0.490 e. The third-order valence-electron chi connectivity index (χ3n) is 4.06. The molecule has 2 unspecified atom stereocenters. The molecule has 20 heavy (non-hydrogen) atoms. The van der Waals surface area contributed by atoms with Crippen LogP contribution < -0.4 is 4.74 Å². The highest BCUT2D eigenvalue weighted by Gasteiger charge is 2.20. The van der Waals surface area contributed by atoms with Gasteiger partial charge >= 0.3 is 0 Å². The number of aryl methyl sites for hydroxylation is 1. The van der Waals surface area contributed by atoms with Gasteiger partial charge in [0, 0.05) is 0 Å². The Morgan fingerprint density at radius 1 is 1.30 bits per heavy atom. The van der Waals surface area contributed by atoms with Crippen molar-refractivity contribution in [2.75, 3.05) is 0 Å². The van der Waals surface area contributed by atoms with Gasteiger partial charge in [0.25, 0.3) is 0 Å². The summed E-state index contributed by atoms with van der Waals surface area (Å²) in [4.78, 5) is 0. The lowest BCUT2D eigenvalue weighted by Gasteiger charge is -2.27. The average Bonchev–Trinajstić information content (AvgIpc) is 2.46. The number of benzene rings is 1. The number of ether oxygens (including phenoxy) is 1. The van der Waals surface area contributed by atoms with Crippen molar-refractivity contribution in [3.63, 3.8) is 0 Å². The van der Waals surface area contributed by atoms with Gasteiger partial charge in [-0.3, -0.25) is 0 Å². The van der Waals surface area contributed by atoms with Gasteiger partial charge in [0.15, 0.2) is 0 Å². The van der Waals surface area contributed by atoms with Crippen LogP contribution in [0.1, 0.15) is 51.5 Å². The SMILES string of the molecule is CC(CCc1ccc(OC2CCCC(C)C2)cc1)=NO. The Labute approximate surface area is 121 Å². The zero-order chi connectivity index (χ0) is 14.4. The zero-order valence-electron chi connectivity index (χ0n) is 12.5. The first kappa shape index (κ1) is 14.9. The van der Waals surface area contributed by atoms with Crippen molar-refractivity contribution in [3.05, 3.63) is 29.8 Å². The summed E-state index contributed by atoms with van der Waals surface area (Å²) in [7, 11) is 0. The molecule has 1 aliphatic rings. The van der Waals surface area contributed by atoms with Crippen molar-refractivity contribution in [2.45, 2.75) is 58.5 Å². The van der Waals surface area contributed by atoms with E-state index in [0.29, 0.717) is 6.10 Å². The van der Waals surface area contributed by atoms with Gasteiger partial charge in [0.1, 0.15) is 5.75 Å². The molecule has 3 heteroatoms. The summed E-state index contributed by atoms with van der Waals surface area (Å²) < 4.78 is 6.06. The molecule has 2 rings (SSSR count). The fraction of sp³-hybridized carbons (Fsp3) is 0.588. The quantitative estimate of drug-likeness (QED) is 0.491. The highest BCUT2D eigenvalue weighted by Crippen LogP contribution is 2.27. The molecule has 0 heterocycles. The maximum absolute atomic E-state index is 8.63. The molecule has 0 aliphatic heterocycles. The minimum atomic E-state index is 0.383. The number of oxime groups is 1. The summed E-state index contributed by atoms with van der Waals surface area (Å²) in [5, 5.41) is 11.8. The van der Waals surface area contributed by atoms with Gasteiger partial charge < -0.3 is 9.94 Å². The molecule has 1 N–H and O–H groups in total. The Morgan fingerprint density at radius 3 is 2.70 bits per heavy atom. The highest BCUT2D eigenvalue weighted by molar-refractivity contribution is 5.81. The Morgan fingerprint density at radius 2 is 2.05 bits per heavy atom. The molecule has 0 radical (unpaired) electrons. The molecular formula is C17H25NO2. The second-order valence-electron chi connectivity index (χ2n) is 5.99. The average molecular weight is 275 g/mol. The highest BCUT2D eigenvalue weighted by atomic mass is 16.5. The van der Waals surface area contributed by atoms with Crippen molar-refractivity contribution in [1.82, 2.24) is 0 Å². The van der Waals surface area contributed by atoms with Gasteiger partial charge in [-0.25, -0.2) is 0 Å². The molecule has 1 aliphatic carbocycles. The summed E-state index contributed by atoms with van der Waals surface area (Å²) in [6.07, 6.45) is 7.04. The summed E-state index contributed by atoms with van der Waals surface area (Å²) in [5.74, 6) is 1.76. The summed E-state index contributed by atoms with van der Waals surface area (Å²) in [5.41, 5.74) is 2.01. The standard InChI is InChI=1S/C17H25NO2/c1-13-4-3-5-17(12-13)20-16-10-8-15(9-11-16)7-6-14(2)18-19/h8-11,13,17,19H,3-7,12H2,1-2H3. The van der Waals surface area contributed by atoms with Crippen LogP contribution in [0.15, 0.2) is 29.4 Å². The molecule has 1 saturated carbocycles. The van der Waals surface area contributed by atoms with Gasteiger partial charge in [-0.2, -0.15) is 0 Å². The lowest BCUT2D eigenvalue weighted by molar-refractivity contribution is 0.129. The first-order valence-electron chi connectivity index (χ1n) is 7.60. The van der Waals surface area contributed by atoms with Gasteiger partial charge in [0.05, 0.1) is 11.8 Å². The van der Waals surface area contributed by atoms with E-state index in [4.69, 9.17) is 9.94 Å². The molecule has 110 valence electrons. The van der Waals surface area contributed by atoms with Crippen LogP contribution in [0.3, 0.4) is 0 Å². The fourth-order valence-electron chi connectivity index (χ4n) is 2.79. The molecule has 1 aromatic rings. The molecule has 0 spiro atoms. The maximum Gasteiger partial charge on any atom is 0.119 e. The Kier molecular flexibility index (Phi) is 5.45. The Bertz CT molecular complexity index is 439. The van der Waals surface area contributed by atoms with Crippen LogP contribution in [0.4, 0.5) is 0 Å². The van der Waals surface area contributed by atoms with Crippen LogP contribution in [0.2, 0.25) is 0 Å². The second kappa shape index (κ2) is 7.32. The van der Waals surface area contributed by atoms with E-state index in [2.05, 4.69) is 36.3 Å². The van der Waals surface area contributed by atoms with Gasteiger partial charge in [-0.1, -0.05) is 30.6 Å². The smallest absolute Gasteiger partial charge is 0.119 e. The van der Waals surface area contributed by atoms with Crippen molar-refractivity contribution in [3.8, 4) is 5.75 Å². The molecule has 0 aromatic heterocycles. The first-order chi connectivity index (χ1) is 9.67. The number of hydrogen-bond donors (Lipinski definition) is 1. The van der Waals surface area contributed by atoms with Crippen LogP contribution >= 0.6 is 0 Å². The lowest BCUT2D eigenvalue weighted by atomic mass is 9.89. The molecule has 2 atom stereocenters. The predicted octanol–water partition coefficient (Wildman–Crippen LogP) is 4.43. The van der Waals surface area contributed by atoms with E-state index in [-0.39, 0.29) is 0 Å². The van der Waals surface area contributed by atoms with Gasteiger partial charge in [0.2, 0.25) is 0 Å².